The van der Waals surface area contributed by atoms with Gasteiger partial charge in [0.2, 0.25) is 5.91 Å². The maximum atomic E-state index is 12.4. The van der Waals surface area contributed by atoms with Crippen LogP contribution in [0.25, 0.3) is 0 Å². The maximum Gasteiger partial charge on any atom is 0.338 e. The minimum Gasteiger partial charge on any atom is -0.465 e. The molecule has 0 bridgehead atoms. The minimum absolute atomic E-state index is 0.0632. The lowest BCUT2D eigenvalue weighted by Crippen LogP contribution is -2.17. The lowest BCUT2D eigenvalue weighted by molar-refractivity contribution is -0.384. The number of nitrogens with one attached hydrogen (secondary N) is 2. The second-order valence-corrected chi connectivity index (χ2v) is 6.19. The number of hydrogen-bond acceptors (Lipinski definition) is 6. The van der Waals surface area contributed by atoms with Crippen LogP contribution in [0.4, 0.5) is 17.1 Å². The Hall–Kier alpha value is -3.75. The highest BCUT2D eigenvalue weighted by Crippen LogP contribution is 2.20. The number of methoxy groups -OCH3 is 1. The number of non-ortho nitro benzene ring substituents is 1. The van der Waals surface area contributed by atoms with E-state index in [0.717, 1.165) is 19.2 Å². The zero-order chi connectivity index (χ0) is 20.8. The predicted molar refractivity (Wildman–Crippen MR) is 102 cm³/mol. The van der Waals surface area contributed by atoms with E-state index in [4.69, 9.17) is 0 Å². The molecule has 28 heavy (non-hydrogen) atoms. The van der Waals surface area contributed by atoms with Gasteiger partial charge < -0.3 is 15.4 Å². The molecular weight excluding hydrogens is 366 g/mol. The van der Waals surface area contributed by atoms with E-state index in [2.05, 4.69) is 15.4 Å². The molecule has 0 fully saturated rings. The molecule has 2 aromatic rings. The number of carbonyl (C=O) groups is 3. The second-order valence-electron chi connectivity index (χ2n) is 6.19. The summed E-state index contributed by atoms with van der Waals surface area (Å²) in [5.41, 5.74) is 0.416. The Morgan fingerprint density at radius 2 is 1.50 bits per heavy atom. The molecule has 2 amide bonds. The van der Waals surface area contributed by atoms with Crippen LogP contribution in [0.15, 0.2) is 42.5 Å². The average Bonchev–Trinajstić information content (AvgIpc) is 2.68. The van der Waals surface area contributed by atoms with Crippen LogP contribution < -0.4 is 10.6 Å². The molecular formula is C19H19N3O6. The number of nitrogens with zero attached hydrogens (tertiary/aromatic N) is 1. The fraction of sp³-hybridized carbons (Fsp3) is 0.211. The maximum absolute atomic E-state index is 12.4. The number of rotatable bonds is 6. The molecule has 9 nitrogen and oxygen atoms in total. The standard InChI is InChI=1S/C19H19N3O6/c1-11(2)17(23)20-14-4-6-15(7-5-14)21-18(24)12-8-13(19(25)28-3)10-16(9-12)22(26)27/h4-11H,1-3H3,(H,20,23)(H,21,24). The lowest BCUT2D eigenvalue weighted by atomic mass is 10.1. The SMILES string of the molecule is COC(=O)c1cc(C(=O)Nc2ccc(NC(=O)C(C)C)cc2)cc([N+](=O)[O-])c1. The zero-order valence-corrected chi connectivity index (χ0v) is 15.5. The summed E-state index contributed by atoms with van der Waals surface area (Å²) >= 11 is 0. The molecule has 0 spiro atoms. The number of anilines is 2. The summed E-state index contributed by atoms with van der Waals surface area (Å²) in [5.74, 6) is -1.73. The van der Waals surface area contributed by atoms with E-state index in [0.29, 0.717) is 11.4 Å². The van der Waals surface area contributed by atoms with Gasteiger partial charge in [-0.1, -0.05) is 13.8 Å². The highest BCUT2D eigenvalue weighted by Gasteiger charge is 2.18. The number of nitro benzene ring substituents is 1. The van der Waals surface area contributed by atoms with Gasteiger partial charge in [0.15, 0.2) is 0 Å². The first kappa shape index (κ1) is 20.6. The van der Waals surface area contributed by atoms with Gasteiger partial charge in [0, 0.05) is 35.0 Å². The Balaban J connectivity index is 2.20. The van der Waals surface area contributed by atoms with Crippen LogP contribution in [0.1, 0.15) is 34.6 Å². The fourth-order valence-corrected chi connectivity index (χ4v) is 2.21. The average molecular weight is 385 g/mol. The lowest BCUT2D eigenvalue weighted by Gasteiger charge is -2.10. The molecule has 0 unspecified atom stereocenters. The van der Waals surface area contributed by atoms with E-state index in [-0.39, 0.29) is 23.0 Å². The molecule has 0 aliphatic heterocycles. The summed E-state index contributed by atoms with van der Waals surface area (Å²) in [6, 6.07) is 9.70. The molecule has 0 aliphatic rings. The molecule has 0 heterocycles. The number of amides is 2. The highest BCUT2D eigenvalue weighted by molar-refractivity contribution is 6.06. The van der Waals surface area contributed by atoms with E-state index in [1.54, 1.807) is 38.1 Å². The van der Waals surface area contributed by atoms with E-state index in [1.807, 2.05) is 0 Å². The quantitative estimate of drug-likeness (QED) is 0.446. The first-order chi connectivity index (χ1) is 13.2. The van der Waals surface area contributed by atoms with Crippen LogP contribution in [-0.2, 0) is 9.53 Å². The second kappa shape index (κ2) is 8.76. The van der Waals surface area contributed by atoms with Crippen molar-refractivity contribution in [2.75, 3.05) is 17.7 Å². The van der Waals surface area contributed by atoms with Gasteiger partial charge >= 0.3 is 5.97 Å². The third kappa shape index (κ3) is 5.13. The van der Waals surface area contributed by atoms with Gasteiger partial charge in [-0.2, -0.15) is 0 Å². The predicted octanol–water partition coefficient (Wildman–Crippen LogP) is 3.23. The van der Waals surface area contributed by atoms with Crippen molar-refractivity contribution in [2.24, 2.45) is 5.92 Å². The third-order valence-electron chi connectivity index (χ3n) is 3.75. The number of ether oxygens (including phenoxy) is 1. The third-order valence-corrected chi connectivity index (χ3v) is 3.75. The zero-order valence-electron chi connectivity index (χ0n) is 15.5. The van der Waals surface area contributed by atoms with Crippen molar-refractivity contribution in [3.63, 3.8) is 0 Å². The van der Waals surface area contributed by atoms with E-state index >= 15 is 0 Å². The van der Waals surface area contributed by atoms with Crippen molar-refractivity contribution in [1.29, 1.82) is 0 Å². The smallest absolute Gasteiger partial charge is 0.338 e. The van der Waals surface area contributed by atoms with Crippen molar-refractivity contribution < 1.29 is 24.0 Å². The summed E-state index contributed by atoms with van der Waals surface area (Å²) in [6.07, 6.45) is 0. The molecule has 146 valence electrons. The monoisotopic (exact) mass is 385 g/mol. The number of benzene rings is 2. The van der Waals surface area contributed by atoms with Crippen molar-refractivity contribution >= 4 is 34.8 Å². The van der Waals surface area contributed by atoms with Gasteiger partial charge in [-0.05, 0) is 30.3 Å². The van der Waals surface area contributed by atoms with Crippen LogP contribution in [0.5, 0.6) is 0 Å². The Morgan fingerprint density at radius 3 is 2.00 bits per heavy atom. The van der Waals surface area contributed by atoms with Crippen LogP contribution in [0, 0.1) is 16.0 Å². The van der Waals surface area contributed by atoms with Crippen molar-refractivity contribution in [2.45, 2.75) is 13.8 Å². The number of esters is 1. The van der Waals surface area contributed by atoms with Crippen LogP contribution >= 0.6 is 0 Å². The topological polar surface area (TPSA) is 128 Å². The molecule has 0 atom stereocenters. The van der Waals surface area contributed by atoms with Crippen LogP contribution in [0.2, 0.25) is 0 Å². The fourth-order valence-electron chi connectivity index (χ4n) is 2.21. The summed E-state index contributed by atoms with van der Waals surface area (Å²) < 4.78 is 4.56. The molecule has 2 N–H and O–H groups in total. The molecule has 0 aromatic heterocycles. The molecule has 0 radical (unpaired) electrons. The first-order valence-electron chi connectivity index (χ1n) is 8.31. The van der Waals surface area contributed by atoms with Gasteiger partial charge in [-0.25, -0.2) is 4.79 Å². The Morgan fingerprint density at radius 1 is 0.964 bits per heavy atom. The number of nitro groups is 1. The largest absolute Gasteiger partial charge is 0.465 e. The van der Waals surface area contributed by atoms with Crippen LogP contribution in [-0.4, -0.2) is 29.8 Å². The molecule has 0 aliphatic carbocycles. The summed E-state index contributed by atoms with van der Waals surface area (Å²) in [7, 11) is 1.14. The van der Waals surface area contributed by atoms with Gasteiger partial charge in [-0.15, -0.1) is 0 Å². The highest BCUT2D eigenvalue weighted by atomic mass is 16.6. The Labute approximate surface area is 160 Å². The molecule has 0 saturated carbocycles. The van der Waals surface area contributed by atoms with Crippen molar-refractivity contribution in [3.05, 3.63) is 63.7 Å². The Bertz CT molecular complexity index is 922. The molecule has 2 rings (SSSR count). The van der Waals surface area contributed by atoms with Gasteiger partial charge in [0.1, 0.15) is 0 Å². The van der Waals surface area contributed by atoms with Gasteiger partial charge in [-0.3, -0.25) is 19.7 Å². The van der Waals surface area contributed by atoms with Crippen molar-refractivity contribution in [3.8, 4) is 0 Å². The summed E-state index contributed by atoms with van der Waals surface area (Å²) in [4.78, 5) is 46.2. The number of carbonyl (C=O) groups excluding carboxylic acids is 3. The molecule has 2 aromatic carbocycles. The molecule has 0 saturated heterocycles. The first-order valence-corrected chi connectivity index (χ1v) is 8.31. The number of hydrogen-bond donors (Lipinski definition) is 2. The van der Waals surface area contributed by atoms with Gasteiger partial charge in [0.05, 0.1) is 17.6 Å². The normalized spacial score (nSPS) is 10.3. The van der Waals surface area contributed by atoms with Crippen LogP contribution in [0.3, 0.4) is 0 Å². The van der Waals surface area contributed by atoms with E-state index in [1.165, 1.54) is 6.07 Å². The minimum atomic E-state index is -0.789. The van der Waals surface area contributed by atoms with Crippen molar-refractivity contribution in [1.82, 2.24) is 0 Å². The van der Waals surface area contributed by atoms with E-state index in [9.17, 15) is 24.5 Å². The Kier molecular flexibility index (Phi) is 6.43. The molecule has 9 heteroatoms. The summed E-state index contributed by atoms with van der Waals surface area (Å²) in [6.45, 7) is 3.54. The summed E-state index contributed by atoms with van der Waals surface area (Å²) in [5, 5.41) is 16.4. The van der Waals surface area contributed by atoms with Gasteiger partial charge in [0.25, 0.3) is 11.6 Å². The van der Waals surface area contributed by atoms with E-state index < -0.39 is 22.5 Å².